The van der Waals surface area contributed by atoms with Gasteiger partial charge in [0.05, 0.1) is 0 Å². The Hall–Kier alpha value is 0.803. The molecule has 2 nitrogen and oxygen atoms in total. The van der Waals surface area contributed by atoms with Crippen LogP contribution in [0.25, 0.3) is 0 Å². The molecule has 0 saturated carbocycles. The third kappa shape index (κ3) is 6.80. The van der Waals surface area contributed by atoms with Gasteiger partial charge in [0.25, 0.3) is 0 Å². The Balaban J connectivity index is 0. The Morgan fingerprint density at radius 3 is 1.57 bits per heavy atom. The normalized spacial score (nSPS) is 8.57. The predicted octanol–water partition coefficient (Wildman–Crippen LogP) is 0.199. The first-order chi connectivity index (χ1) is 2.81. The van der Waals surface area contributed by atoms with Gasteiger partial charge >= 0.3 is 0 Å². The summed E-state index contributed by atoms with van der Waals surface area (Å²) in [7, 11) is 0. The van der Waals surface area contributed by atoms with Gasteiger partial charge in [0.15, 0.2) is 0 Å². The molecule has 0 atom stereocenters. The smallest absolute Gasteiger partial charge is 0.00996 e. The van der Waals surface area contributed by atoms with Gasteiger partial charge in [-0.15, -0.1) is 0 Å². The third-order valence-electron chi connectivity index (χ3n) is 0.812. The summed E-state index contributed by atoms with van der Waals surface area (Å²) in [6.45, 7) is 5.94. The van der Waals surface area contributed by atoms with Crippen LogP contribution in [0, 0.1) is 0 Å². The number of nitrogens with zero attached hydrogens (tertiary/aromatic N) is 1. The summed E-state index contributed by atoms with van der Waals surface area (Å²) in [4.78, 5) is 0. The van der Waals surface area contributed by atoms with Gasteiger partial charge in [-0.2, -0.15) is 0 Å². The Bertz CT molecular complexity index is 28.9. The van der Waals surface area contributed by atoms with Gasteiger partial charge in [0.2, 0.25) is 0 Å². The second-order valence-corrected chi connectivity index (χ2v) is 1.22. The van der Waals surface area contributed by atoms with Crippen molar-refractivity contribution in [3.05, 3.63) is 0 Å². The molecule has 7 heavy (non-hydrogen) atoms. The van der Waals surface area contributed by atoms with E-state index in [1.165, 1.54) is 0 Å². The Kier molecular flexibility index (Phi) is 10.4. The standard InChI is InChI=1S/C4H12N2.Zr/c1-3-6(5)4-2;/h3-5H2,1-2H3;. The van der Waals surface area contributed by atoms with Crippen molar-refractivity contribution in [2.24, 2.45) is 5.84 Å². The van der Waals surface area contributed by atoms with E-state index >= 15 is 0 Å². The molecule has 0 aromatic heterocycles. The average molecular weight is 179 g/mol. The topological polar surface area (TPSA) is 29.3 Å². The van der Waals surface area contributed by atoms with Crippen molar-refractivity contribution < 1.29 is 26.2 Å². The van der Waals surface area contributed by atoms with Crippen molar-refractivity contribution in [3.63, 3.8) is 0 Å². The van der Waals surface area contributed by atoms with Gasteiger partial charge in [-0.05, 0) is 0 Å². The van der Waals surface area contributed by atoms with Gasteiger partial charge in [-0.1, -0.05) is 13.8 Å². The van der Waals surface area contributed by atoms with Crippen LogP contribution in [-0.2, 0) is 26.2 Å². The van der Waals surface area contributed by atoms with Crippen LogP contribution in [0.15, 0.2) is 0 Å². The molecule has 0 heterocycles. The van der Waals surface area contributed by atoms with Crippen LogP contribution in [0.1, 0.15) is 13.8 Å². The van der Waals surface area contributed by atoms with Crippen LogP contribution >= 0.6 is 0 Å². The first-order valence-electron chi connectivity index (χ1n) is 2.30. The van der Waals surface area contributed by atoms with Crippen molar-refractivity contribution >= 4 is 0 Å². The van der Waals surface area contributed by atoms with Gasteiger partial charge in [-0.3, -0.25) is 5.84 Å². The van der Waals surface area contributed by atoms with Crippen molar-refractivity contribution in [2.75, 3.05) is 13.1 Å². The van der Waals surface area contributed by atoms with E-state index in [1.54, 1.807) is 5.01 Å². The molecule has 0 rings (SSSR count). The van der Waals surface area contributed by atoms with Crippen LogP contribution < -0.4 is 5.84 Å². The van der Waals surface area contributed by atoms with E-state index in [-0.39, 0.29) is 26.2 Å². The molecule has 0 aromatic carbocycles. The molecular formula is C4H12N2Zr. The summed E-state index contributed by atoms with van der Waals surface area (Å²) in [5, 5.41) is 1.75. The number of hydrogen-bond acceptors (Lipinski definition) is 2. The average Bonchev–Trinajstić information content (AvgIpc) is 1.65. The molecule has 3 heteroatoms. The maximum absolute atomic E-state index is 5.31. The number of hydrazine groups is 1. The molecule has 0 aromatic rings. The molecule has 0 amide bonds. The molecule has 0 bridgehead atoms. The third-order valence-corrected chi connectivity index (χ3v) is 0.812. The van der Waals surface area contributed by atoms with Crippen LogP contribution in [0.2, 0.25) is 0 Å². The summed E-state index contributed by atoms with van der Waals surface area (Å²) in [6, 6.07) is 0. The maximum atomic E-state index is 5.31. The predicted molar refractivity (Wildman–Crippen MR) is 27.1 cm³/mol. The molecule has 0 radical (unpaired) electrons. The maximum Gasteiger partial charge on any atom is 0.00996 e. The molecule has 42 valence electrons. The fraction of sp³-hybridized carbons (Fsp3) is 1.00. The van der Waals surface area contributed by atoms with Crippen molar-refractivity contribution in [3.8, 4) is 0 Å². The second kappa shape index (κ2) is 6.80. The number of hydrogen-bond donors (Lipinski definition) is 1. The van der Waals surface area contributed by atoms with Gasteiger partial charge < -0.3 is 0 Å². The first kappa shape index (κ1) is 10.7. The zero-order valence-corrected chi connectivity index (χ0v) is 7.40. The van der Waals surface area contributed by atoms with E-state index in [0.717, 1.165) is 13.1 Å². The van der Waals surface area contributed by atoms with E-state index in [2.05, 4.69) is 0 Å². The van der Waals surface area contributed by atoms with Crippen molar-refractivity contribution in [1.29, 1.82) is 0 Å². The SMILES string of the molecule is CCN(N)CC.[Zr]. The second-order valence-electron chi connectivity index (χ2n) is 1.22. The number of rotatable bonds is 2. The van der Waals surface area contributed by atoms with Crippen LogP contribution in [0.4, 0.5) is 0 Å². The van der Waals surface area contributed by atoms with E-state index in [4.69, 9.17) is 5.84 Å². The summed E-state index contributed by atoms with van der Waals surface area (Å²) in [5.41, 5.74) is 0. The van der Waals surface area contributed by atoms with Gasteiger partial charge in [0, 0.05) is 39.3 Å². The zero-order chi connectivity index (χ0) is 4.99. The Morgan fingerprint density at radius 1 is 1.29 bits per heavy atom. The minimum absolute atomic E-state index is 0. The molecule has 0 aliphatic heterocycles. The summed E-state index contributed by atoms with van der Waals surface area (Å²) in [6.07, 6.45) is 0. The molecule has 0 fully saturated rings. The fourth-order valence-corrected chi connectivity index (χ4v) is 0.224. The van der Waals surface area contributed by atoms with E-state index in [0.29, 0.717) is 0 Å². The summed E-state index contributed by atoms with van der Waals surface area (Å²) >= 11 is 0. The summed E-state index contributed by atoms with van der Waals surface area (Å²) in [5.74, 6) is 5.31. The largest absolute Gasteiger partial charge is 0.269 e. The van der Waals surface area contributed by atoms with Crippen LogP contribution in [0.3, 0.4) is 0 Å². The Labute approximate surface area is 64.2 Å². The van der Waals surface area contributed by atoms with Crippen molar-refractivity contribution in [2.45, 2.75) is 13.8 Å². The minimum Gasteiger partial charge on any atom is -0.269 e. The van der Waals surface area contributed by atoms with E-state index in [9.17, 15) is 0 Å². The summed E-state index contributed by atoms with van der Waals surface area (Å²) < 4.78 is 0. The van der Waals surface area contributed by atoms with E-state index in [1.807, 2.05) is 13.8 Å². The molecule has 0 aliphatic rings. The zero-order valence-electron chi connectivity index (χ0n) is 4.94. The molecule has 0 spiro atoms. The van der Waals surface area contributed by atoms with Gasteiger partial charge in [-0.25, -0.2) is 5.01 Å². The quantitative estimate of drug-likeness (QED) is 0.485. The first-order valence-corrected chi connectivity index (χ1v) is 2.30. The minimum atomic E-state index is 0. The van der Waals surface area contributed by atoms with Crippen LogP contribution in [0.5, 0.6) is 0 Å². The molecule has 2 N–H and O–H groups in total. The molecular weight excluding hydrogens is 167 g/mol. The molecule has 0 unspecified atom stereocenters. The van der Waals surface area contributed by atoms with Crippen LogP contribution in [-0.4, -0.2) is 18.1 Å². The van der Waals surface area contributed by atoms with Gasteiger partial charge in [0.1, 0.15) is 0 Å². The Morgan fingerprint density at radius 2 is 1.57 bits per heavy atom. The number of nitrogens with two attached hydrogens (primary N) is 1. The molecule has 0 saturated heterocycles. The molecule has 0 aliphatic carbocycles. The monoisotopic (exact) mass is 178 g/mol. The van der Waals surface area contributed by atoms with Crippen molar-refractivity contribution in [1.82, 2.24) is 5.01 Å². The van der Waals surface area contributed by atoms with E-state index < -0.39 is 0 Å². The fourth-order valence-electron chi connectivity index (χ4n) is 0.224.